The Hall–Kier alpha value is -0.350. The molecule has 1 aromatic heterocycles. The molecule has 9 heavy (non-hydrogen) atoms. The van der Waals surface area contributed by atoms with Gasteiger partial charge in [0.15, 0.2) is 4.73 Å². The summed E-state index contributed by atoms with van der Waals surface area (Å²) in [4.78, 5) is 3.99. The first-order valence-electron chi connectivity index (χ1n) is 2.62. The van der Waals surface area contributed by atoms with Crippen LogP contribution in [0.3, 0.4) is 0 Å². The standard InChI is InChI=1S/C5H8BrN3/c1-9-4(2-7)3-8-5(9)6/h3H,2,7H2,1H3. The molecule has 0 spiro atoms. The molecular weight excluding hydrogens is 182 g/mol. The van der Waals surface area contributed by atoms with Crippen LogP contribution in [0.2, 0.25) is 0 Å². The molecule has 1 heterocycles. The van der Waals surface area contributed by atoms with Crippen molar-refractivity contribution in [3.63, 3.8) is 0 Å². The molecule has 0 saturated carbocycles. The van der Waals surface area contributed by atoms with E-state index >= 15 is 0 Å². The van der Waals surface area contributed by atoms with E-state index in [0.29, 0.717) is 6.54 Å². The van der Waals surface area contributed by atoms with Crippen molar-refractivity contribution in [2.24, 2.45) is 12.8 Å². The SMILES string of the molecule is Cn1c(CN)cnc1Br. The van der Waals surface area contributed by atoms with E-state index in [-0.39, 0.29) is 0 Å². The second kappa shape index (κ2) is 2.49. The largest absolute Gasteiger partial charge is 0.325 e. The summed E-state index contributed by atoms with van der Waals surface area (Å²) in [7, 11) is 1.92. The predicted molar refractivity (Wildman–Crippen MR) is 38.8 cm³/mol. The first-order valence-corrected chi connectivity index (χ1v) is 3.41. The first-order chi connectivity index (χ1) is 4.25. The van der Waals surface area contributed by atoms with Crippen molar-refractivity contribution in [3.8, 4) is 0 Å². The zero-order chi connectivity index (χ0) is 6.85. The van der Waals surface area contributed by atoms with Gasteiger partial charge in [0.1, 0.15) is 0 Å². The van der Waals surface area contributed by atoms with Crippen LogP contribution in [-0.4, -0.2) is 9.55 Å². The van der Waals surface area contributed by atoms with E-state index in [1.54, 1.807) is 6.20 Å². The second-order valence-corrected chi connectivity index (χ2v) is 2.49. The van der Waals surface area contributed by atoms with Crippen molar-refractivity contribution in [1.29, 1.82) is 0 Å². The molecule has 0 fully saturated rings. The van der Waals surface area contributed by atoms with Crippen LogP contribution >= 0.6 is 15.9 Å². The molecule has 0 aromatic carbocycles. The summed E-state index contributed by atoms with van der Waals surface area (Å²) in [5, 5.41) is 0. The summed E-state index contributed by atoms with van der Waals surface area (Å²) in [6.45, 7) is 0.537. The van der Waals surface area contributed by atoms with E-state index in [2.05, 4.69) is 20.9 Å². The summed E-state index contributed by atoms with van der Waals surface area (Å²) >= 11 is 3.25. The molecule has 1 aromatic rings. The van der Waals surface area contributed by atoms with Gasteiger partial charge in [0.2, 0.25) is 0 Å². The molecule has 0 bridgehead atoms. The average molecular weight is 190 g/mol. The summed E-state index contributed by atoms with van der Waals surface area (Å²) in [6.07, 6.45) is 1.75. The van der Waals surface area contributed by atoms with Crippen molar-refractivity contribution in [2.75, 3.05) is 0 Å². The number of nitrogens with two attached hydrogens (primary N) is 1. The minimum Gasteiger partial charge on any atom is -0.325 e. The van der Waals surface area contributed by atoms with Crippen molar-refractivity contribution in [1.82, 2.24) is 9.55 Å². The van der Waals surface area contributed by atoms with Gasteiger partial charge in [0.05, 0.1) is 11.9 Å². The number of imidazole rings is 1. The van der Waals surface area contributed by atoms with Crippen LogP contribution in [0.5, 0.6) is 0 Å². The molecule has 50 valence electrons. The van der Waals surface area contributed by atoms with Crippen LogP contribution in [-0.2, 0) is 13.6 Å². The van der Waals surface area contributed by atoms with Gasteiger partial charge in [-0.2, -0.15) is 0 Å². The van der Waals surface area contributed by atoms with Crippen LogP contribution in [0.25, 0.3) is 0 Å². The zero-order valence-corrected chi connectivity index (χ0v) is 6.72. The molecule has 0 radical (unpaired) electrons. The normalized spacial score (nSPS) is 10.1. The third-order valence-electron chi connectivity index (χ3n) is 1.24. The lowest BCUT2D eigenvalue weighted by Gasteiger charge is -1.96. The van der Waals surface area contributed by atoms with Gasteiger partial charge in [0.25, 0.3) is 0 Å². The van der Waals surface area contributed by atoms with Crippen molar-refractivity contribution in [3.05, 3.63) is 16.6 Å². The number of aromatic nitrogens is 2. The van der Waals surface area contributed by atoms with E-state index in [1.165, 1.54) is 0 Å². The van der Waals surface area contributed by atoms with Gasteiger partial charge >= 0.3 is 0 Å². The van der Waals surface area contributed by atoms with Gasteiger partial charge in [-0.25, -0.2) is 4.98 Å². The van der Waals surface area contributed by atoms with E-state index in [1.807, 2.05) is 11.6 Å². The highest BCUT2D eigenvalue weighted by molar-refractivity contribution is 9.10. The third kappa shape index (κ3) is 1.14. The number of nitrogens with zero attached hydrogens (tertiary/aromatic N) is 2. The molecule has 0 amide bonds. The molecule has 3 nitrogen and oxygen atoms in total. The van der Waals surface area contributed by atoms with Crippen LogP contribution < -0.4 is 5.73 Å². The van der Waals surface area contributed by atoms with Gasteiger partial charge in [0, 0.05) is 13.6 Å². The van der Waals surface area contributed by atoms with E-state index in [9.17, 15) is 0 Å². The van der Waals surface area contributed by atoms with Crippen LogP contribution in [0.4, 0.5) is 0 Å². The zero-order valence-electron chi connectivity index (χ0n) is 5.13. The fourth-order valence-electron chi connectivity index (χ4n) is 0.609. The van der Waals surface area contributed by atoms with Crippen molar-refractivity contribution >= 4 is 15.9 Å². The highest BCUT2D eigenvalue weighted by atomic mass is 79.9. The Bertz CT molecular complexity index is 206. The Morgan fingerprint density at radius 2 is 2.56 bits per heavy atom. The molecule has 4 heteroatoms. The summed E-state index contributed by atoms with van der Waals surface area (Å²) in [5.74, 6) is 0. The van der Waals surface area contributed by atoms with Gasteiger partial charge in [-0.15, -0.1) is 0 Å². The summed E-state index contributed by atoms with van der Waals surface area (Å²) < 4.78 is 2.72. The molecule has 0 atom stereocenters. The maximum Gasteiger partial charge on any atom is 0.177 e. The minimum atomic E-state index is 0.537. The molecule has 0 aliphatic heterocycles. The summed E-state index contributed by atoms with van der Waals surface area (Å²) in [6, 6.07) is 0. The lowest BCUT2D eigenvalue weighted by atomic mass is 10.5. The fraction of sp³-hybridized carbons (Fsp3) is 0.400. The Morgan fingerprint density at radius 1 is 1.89 bits per heavy atom. The van der Waals surface area contributed by atoms with Crippen LogP contribution in [0.15, 0.2) is 10.9 Å². The van der Waals surface area contributed by atoms with Gasteiger partial charge in [-0.1, -0.05) is 0 Å². The molecular formula is C5H8BrN3. The quantitative estimate of drug-likeness (QED) is 0.706. The lowest BCUT2D eigenvalue weighted by molar-refractivity contribution is 0.801. The van der Waals surface area contributed by atoms with E-state index < -0.39 is 0 Å². The monoisotopic (exact) mass is 189 g/mol. The van der Waals surface area contributed by atoms with Gasteiger partial charge in [-0.05, 0) is 15.9 Å². The highest BCUT2D eigenvalue weighted by Gasteiger charge is 1.98. The maximum absolute atomic E-state index is 5.38. The van der Waals surface area contributed by atoms with Crippen molar-refractivity contribution in [2.45, 2.75) is 6.54 Å². The molecule has 1 rings (SSSR count). The van der Waals surface area contributed by atoms with Crippen LogP contribution in [0, 0.1) is 0 Å². The van der Waals surface area contributed by atoms with Crippen LogP contribution in [0.1, 0.15) is 5.69 Å². The topological polar surface area (TPSA) is 43.8 Å². The predicted octanol–water partition coefficient (Wildman–Crippen LogP) is 0.641. The smallest absolute Gasteiger partial charge is 0.177 e. The summed E-state index contributed by atoms with van der Waals surface area (Å²) in [5.41, 5.74) is 6.41. The minimum absolute atomic E-state index is 0.537. The Balaban J connectivity index is 3.04. The third-order valence-corrected chi connectivity index (χ3v) is 1.97. The second-order valence-electron chi connectivity index (χ2n) is 1.78. The average Bonchev–Trinajstić information content (AvgIpc) is 2.15. The lowest BCUT2D eigenvalue weighted by Crippen LogP contribution is -2.02. The molecule has 0 unspecified atom stereocenters. The first kappa shape index (κ1) is 6.77. The number of rotatable bonds is 1. The highest BCUT2D eigenvalue weighted by Crippen LogP contribution is 2.07. The van der Waals surface area contributed by atoms with E-state index in [0.717, 1.165) is 10.4 Å². The van der Waals surface area contributed by atoms with Gasteiger partial charge < -0.3 is 10.3 Å². The molecule has 0 aliphatic carbocycles. The number of halogens is 1. The Labute approximate surface area is 62.0 Å². The molecule has 2 N–H and O–H groups in total. The Kier molecular flexibility index (Phi) is 1.87. The Morgan fingerprint density at radius 3 is 2.78 bits per heavy atom. The van der Waals surface area contributed by atoms with E-state index in [4.69, 9.17) is 5.73 Å². The van der Waals surface area contributed by atoms with Gasteiger partial charge in [-0.3, -0.25) is 0 Å². The number of hydrogen-bond donors (Lipinski definition) is 1. The fourth-order valence-corrected chi connectivity index (χ4v) is 0.939. The molecule has 0 saturated heterocycles. The van der Waals surface area contributed by atoms with Crippen molar-refractivity contribution < 1.29 is 0 Å². The number of hydrogen-bond acceptors (Lipinski definition) is 2. The maximum atomic E-state index is 5.38. The molecule has 0 aliphatic rings.